The van der Waals surface area contributed by atoms with Gasteiger partial charge in [-0.1, -0.05) is 6.92 Å². The molecule has 0 fully saturated rings. The Hall–Kier alpha value is -1.36. The number of nitrogens with zero attached hydrogens (tertiary/aromatic N) is 1. The number of rotatable bonds is 6. The predicted molar refractivity (Wildman–Crippen MR) is 83.3 cm³/mol. The predicted octanol–water partition coefficient (Wildman–Crippen LogP) is 2.61. The molecular formula is C15H24N2O2S. The van der Waals surface area contributed by atoms with Crippen LogP contribution in [0.5, 0.6) is 0 Å². The number of hydrogen-bond donors (Lipinski definition) is 1. The van der Waals surface area contributed by atoms with Crippen LogP contribution in [-0.4, -0.2) is 35.8 Å². The molecule has 1 heterocycles. The maximum atomic E-state index is 12.4. The van der Waals surface area contributed by atoms with Gasteiger partial charge in [0.2, 0.25) is 5.91 Å². The molecule has 0 saturated heterocycles. The van der Waals surface area contributed by atoms with E-state index in [2.05, 4.69) is 12.2 Å². The second-order valence-electron chi connectivity index (χ2n) is 5.11. The molecule has 0 aromatic carbocycles. The summed E-state index contributed by atoms with van der Waals surface area (Å²) in [7, 11) is 0. The van der Waals surface area contributed by atoms with Crippen molar-refractivity contribution in [2.24, 2.45) is 0 Å². The van der Waals surface area contributed by atoms with Crippen molar-refractivity contribution < 1.29 is 9.59 Å². The van der Waals surface area contributed by atoms with E-state index in [9.17, 15) is 9.59 Å². The zero-order valence-electron chi connectivity index (χ0n) is 12.9. The van der Waals surface area contributed by atoms with Gasteiger partial charge in [-0.05, 0) is 45.7 Å². The van der Waals surface area contributed by atoms with Crippen molar-refractivity contribution in [2.75, 3.05) is 13.1 Å². The highest BCUT2D eigenvalue weighted by Crippen LogP contribution is 2.23. The Morgan fingerprint density at radius 2 is 2.00 bits per heavy atom. The van der Waals surface area contributed by atoms with Gasteiger partial charge in [-0.15, -0.1) is 11.3 Å². The number of nitrogens with one attached hydrogen (secondary N) is 1. The smallest absolute Gasteiger partial charge is 0.264 e. The van der Waals surface area contributed by atoms with Crippen molar-refractivity contribution in [3.63, 3.8) is 0 Å². The molecule has 0 aliphatic heterocycles. The topological polar surface area (TPSA) is 49.4 Å². The molecule has 0 atom stereocenters. The van der Waals surface area contributed by atoms with Crippen LogP contribution >= 0.6 is 11.3 Å². The number of carbonyl (C=O) groups is 2. The molecular weight excluding hydrogens is 272 g/mol. The first-order chi connectivity index (χ1) is 9.38. The van der Waals surface area contributed by atoms with E-state index in [0.717, 1.165) is 16.9 Å². The molecule has 2 amide bonds. The van der Waals surface area contributed by atoms with E-state index in [0.29, 0.717) is 6.54 Å². The highest BCUT2D eigenvalue weighted by Gasteiger charge is 2.20. The summed E-state index contributed by atoms with van der Waals surface area (Å²) in [4.78, 5) is 27.8. The van der Waals surface area contributed by atoms with Gasteiger partial charge in [0.15, 0.2) is 0 Å². The SMILES string of the molecule is CCc1sc(C(=O)N(CC)CC(=O)NC(C)C)cc1C. The maximum Gasteiger partial charge on any atom is 0.264 e. The lowest BCUT2D eigenvalue weighted by molar-refractivity contribution is -0.122. The number of carbonyl (C=O) groups excluding carboxylic acids is 2. The monoisotopic (exact) mass is 296 g/mol. The summed E-state index contributed by atoms with van der Waals surface area (Å²) in [6.07, 6.45) is 0.934. The van der Waals surface area contributed by atoms with Gasteiger partial charge in [0, 0.05) is 17.5 Å². The van der Waals surface area contributed by atoms with Crippen LogP contribution in [0.15, 0.2) is 6.07 Å². The summed E-state index contributed by atoms with van der Waals surface area (Å²) in [6.45, 7) is 10.5. The number of hydrogen-bond acceptors (Lipinski definition) is 3. The van der Waals surface area contributed by atoms with Crippen LogP contribution in [0, 0.1) is 6.92 Å². The molecule has 0 radical (unpaired) electrons. The zero-order chi connectivity index (χ0) is 15.3. The van der Waals surface area contributed by atoms with E-state index in [-0.39, 0.29) is 24.4 Å². The van der Waals surface area contributed by atoms with Gasteiger partial charge in [-0.2, -0.15) is 0 Å². The second-order valence-corrected chi connectivity index (χ2v) is 6.25. The minimum absolute atomic E-state index is 0.0563. The van der Waals surface area contributed by atoms with Crippen molar-refractivity contribution in [1.29, 1.82) is 0 Å². The van der Waals surface area contributed by atoms with E-state index in [1.165, 1.54) is 16.2 Å². The lowest BCUT2D eigenvalue weighted by Crippen LogP contribution is -2.42. The first-order valence-electron chi connectivity index (χ1n) is 7.06. The van der Waals surface area contributed by atoms with E-state index in [1.807, 2.05) is 33.8 Å². The molecule has 20 heavy (non-hydrogen) atoms. The fourth-order valence-corrected chi connectivity index (χ4v) is 3.08. The molecule has 0 bridgehead atoms. The van der Waals surface area contributed by atoms with Crippen LogP contribution in [0.25, 0.3) is 0 Å². The number of likely N-dealkylation sites (N-methyl/N-ethyl adjacent to an activating group) is 1. The highest BCUT2D eigenvalue weighted by atomic mass is 32.1. The zero-order valence-corrected chi connectivity index (χ0v) is 13.8. The second kappa shape index (κ2) is 7.43. The van der Waals surface area contributed by atoms with E-state index in [1.54, 1.807) is 4.90 Å². The molecule has 1 aromatic heterocycles. The minimum atomic E-state index is -0.112. The van der Waals surface area contributed by atoms with Gasteiger partial charge in [0.05, 0.1) is 11.4 Å². The summed E-state index contributed by atoms with van der Waals surface area (Å²) in [6, 6.07) is 2.02. The van der Waals surface area contributed by atoms with Gasteiger partial charge >= 0.3 is 0 Å². The third-order valence-electron chi connectivity index (χ3n) is 3.01. The van der Waals surface area contributed by atoms with Crippen LogP contribution in [0.1, 0.15) is 47.8 Å². The van der Waals surface area contributed by atoms with Crippen molar-refractivity contribution in [1.82, 2.24) is 10.2 Å². The van der Waals surface area contributed by atoms with E-state index in [4.69, 9.17) is 0 Å². The number of amides is 2. The van der Waals surface area contributed by atoms with Crippen LogP contribution in [0.4, 0.5) is 0 Å². The maximum absolute atomic E-state index is 12.4. The first kappa shape index (κ1) is 16.7. The van der Waals surface area contributed by atoms with Crippen molar-refractivity contribution in [2.45, 2.75) is 47.1 Å². The molecule has 0 aliphatic carbocycles. The average molecular weight is 296 g/mol. The van der Waals surface area contributed by atoms with E-state index >= 15 is 0 Å². The molecule has 4 nitrogen and oxygen atoms in total. The summed E-state index contributed by atoms with van der Waals surface area (Å²) < 4.78 is 0. The Kier molecular flexibility index (Phi) is 6.20. The summed E-state index contributed by atoms with van der Waals surface area (Å²) in [5.41, 5.74) is 1.16. The van der Waals surface area contributed by atoms with E-state index < -0.39 is 0 Å². The molecule has 0 aliphatic rings. The van der Waals surface area contributed by atoms with Gasteiger partial charge in [-0.25, -0.2) is 0 Å². The minimum Gasteiger partial charge on any atom is -0.352 e. The van der Waals surface area contributed by atoms with Crippen molar-refractivity contribution in [3.8, 4) is 0 Å². The Bertz CT molecular complexity index is 480. The van der Waals surface area contributed by atoms with Crippen LogP contribution in [-0.2, 0) is 11.2 Å². The largest absolute Gasteiger partial charge is 0.352 e. The molecule has 1 aromatic rings. The lowest BCUT2D eigenvalue weighted by Gasteiger charge is -2.20. The van der Waals surface area contributed by atoms with Gasteiger partial charge in [0.25, 0.3) is 5.91 Å². The Labute approximate surface area is 125 Å². The Morgan fingerprint density at radius 1 is 1.35 bits per heavy atom. The molecule has 5 heteroatoms. The highest BCUT2D eigenvalue weighted by molar-refractivity contribution is 7.14. The van der Waals surface area contributed by atoms with Crippen LogP contribution in [0.2, 0.25) is 0 Å². The molecule has 112 valence electrons. The summed E-state index contributed by atoms with van der Waals surface area (Å²) in [5.74, 6) is -0.168. The number of thiophene rings is 1. The Balaban J connectivity index is 2.78. The third-order valence-corrected chi connectivity index (χ3v) is 4.37. The first-order valence-corrected chi connectivity index (χ1v) is 7.88. The summed E-state index contributed by atoms with van der Waals surface area (Å²) in [5, 5.41) is 2.81. The lowest BCUT2D eigenvalue weighted by atomic mass is 10.2. The third kappa shape index (κ3) is 4.34. The van der Waals surface area contributed by atoms with Gasteiger partial charge in [0.1, 0.15) is 0 Å². The molecule has 0 spiro atoms. The average Bonchev–Trinajstić information content (AvgIpc) is 2.75. The quantitative estimate of drug-likeness (QED) is 0.877. The fourth-order valence-electron chi connectivity index (χ4n) is 2.00. The van der Waals surface area contributed by atoms with Gasteiger partial charge in [-0.3, -0.25) is 9.59 Å². The standard InChI is InChI=1S/C15H24N2O2S/c1-6-12-11(5)8-13(20-12)15(19)17(7-2)9-14(18)16-10(3)4/h8,10H,6-7,9H2,1-5H3,(H,16,18). The van der Waals surface area contributed by atoms with Crippen LogP contribution in [0.3, 0.4) is 0 Å². The van der Waals surface area contributed by atoms with Gasteiger partial charge < -0.3 is 10.2 Å². The Morgan fingerprint density at radius 3 is 2.45 bits per heavy atom. The molecule has 0 unspecified atom stereocenters. The molecule has 1 rings (SSSR count). The van der Waals surface area contributed by atoms with Crippen LogP contribution < -0.4 is 5.32 Å². The normalized spacial score (nSPS) is 10.7. The fraction of sp³-hybridized carbons (Fsp3) is 0.600. The van der Waals surface area contributed by atoms with Crippen molar-refractivity contribution in [3.05, 3.63) is 21.4 Å². The molecule has 0 saturated carbocycles. The molecule has 1 N–H and O–H groups in total. The van der Waals surface area contributed by atoms with Crippen molar-refractivity contribution >= 4 is 23.2 Å². The number of aryl methyl sites for hydroxylation is 2. The summed E-state index contributed by atoms with van der Waals surface area (Å²) >= 11 is 1.53.